The molecule has 3 aromatic rings. The van der Waals surface area contributed by atoms with E-state index in [-0.39, 0.29) is 11.9 Å². The molecule has 0 bridgehead atoms. The third-order valence-corrected chi connectivity index (χ3v) is 4.63. The minimum absolute atomic E-state index is 0.177. The molecule has 0 aliphatic carbocycles. The number of carbonyl (C=O) groups is 2. The number of hydrogen-bond donors (Lipinski definition) is 2. The van der Waals surface area contributed by atoms with Gasteiger partial charge in [0.2, 0.25) is 0 Å². The molecule has 6 heteroatoms. The van der Waals surface area contributed by atoms with Gasteiger partial charge in [-0.2, -0.15) is 0 Å². The Bertz CT molecular complexity index is 986. The summed E-state index contributed by atoms with van der Waals surface area (Å²) < 4.78 is 0. The van der Waals surface area contributed by atoms with E-state index in [2.05, 4.69) is 10.6 Å². The second-order valence-corrected chi connectivity index (χ2v) is 7.14. The second-order valence-electron chi connectivity index (χ2n) is 6.26. The topological polar surface area (TPSA) is 58.2 Å². The Hall–Kier alpha value is -2.82. The normalized spacial score (nSPS) is 11.5. The molecule has 0 spiro atoms. The predicted octanol–water partition coefficient (Wildman–Crippen LogP) is 5.74. The number of benzene rings is 3. The fraction of sp³-hybridized carbons (Fsp3) is 0.0909. The minimum atomic E-state index is -0.402. The number of amides is 2. The lowest BCUT2D eigenvalue weighted by Crippen LogP contribution is -2.28. The zero-order valence-corrected chi connectivity index (χ0v) is 16.6. The molecule has 3 aromatic carbocycles. The van der Waals surface area contributed by atoms with E-state index in [1.807, 2.05) is 37.3 Å². The van der Waals surface area contributed by atoms with E-state index < -0.39 is 5.91 Å². The van der Waals surface area contributed by atoms with Crippen molar-refractivity contribution in [3.8, 4) is 0 Å². The molecule has 0 aliphatic rings. The summed E-state index contributed by atoms with van der Waals surface area (Å²) in [5, 5.41) is 6.43. The summed E-state index contributed by atoms with van der Waals surface area (Å²) in [6.45, 7) is 1.91. The first kappa shape index (κ1) is 19.9. The van der Waals surface area contributed by atoms with E-state index in [0.717, 1.165) is 5.56 Å². The van der Waals surface area contributed by atoms with Crippen molar-refractivity contribution in [1.82, 2.24) is 5.32 Å². The van der Waals surface area contributed by atoms with Gasteiger partial charge in [-0.1, -0.05) is 65.7 Å². The van der Waals surface area contributed by atoms with E-state index >= 15 is 0 Å². The highest BCUT2D eigenvalue weighted by molar-refractivity contribution is 6.35. The maximum Gasteiger partial charge on any atom is 0.255 e. The summed E-state index contributed by atoms with van der Waals surface area (Å²) in [6.07, 6.45) is 0. The quantitative estimate of drug-likeness (QED) is 0.561. The SMILES string of the molecule is CC(NC(=O)c1ccccc1NC(=O)c1cc(Cl)cc(Cl)c1)c1ccccc1. The van der Waals surface area contributed by atoms with Crippen LogP contribution in [0.25, 0.3) is 0 Å². The molecular formula is C22H18Cl2N2O2. The highest BCUT2D eigenvalue weighted by Gasteiger charge is 2.17. The van der Waals surface area contributed by atoms with Gasteiger partial charge in [0.15, 0.2) is 0 Å². The Morgan fingerprint density at radius 2 is 1.43 bits per heavy atom. The van der Waals surface area contributed by atoms with Crippen molar-refractivity contribution in [2.45, 2.75) is 13.0 Å². The molecule has 28 heavy (non-hydrogen) atoms. The van der Waals surface area contributed by atoms with Crippen molar-refractivity contribution in [3.05, 3.63) is 99.5 Å². The van der Waals surface area contributed by atoms with Gasteiger partial charge in [-0.25, -0.2) is 0 Å². The minimum Gasteiger partial charge on any atom is -0.345 e. The van der Waals surface area contributed by atoms with Crippen LogP contribution in [-0.2, 0) is 0 Å². The molecule has 0 fully saturated rings. The lowest BCUT2D eigenvalue weighted by Gasteiger charge is -2.16. The van der Waals surface area contributed by atoms with E-state index in [9.17, 15) is 9.59 Å². The molecule has 1 atom stereocenters. The van der Waals surface area contributed by atoms with Crippen molar-refractivity contribution in [3.63, 3.8) is 0 Å². The Balaban J connectivity index is 1.79. The second kappa shape index (κ2) is 8.91. The summed E-state index contributed by atoms with van der Waals surface area (Å²) in [5.41, 5.74) is 2.07. The first-order chi connectivity index (χ1) is 13.4. The first-order valence-corrected chi connectivity index (χ1v) is 9.42. The van der Waals surface area contributed by atoms with Gasteiger partial charge >= 0.3 is 0 Å². The van der Waals surface area contributed by atoms with E-state index in [1.54, 1.807) is 30.3 Å². The van der Waals surface area contributed by atoms with Gasteiger partial charge in [0, 0.05) is 15.6 Å². The predicted molar refractivity (Wildman–Crippen MR) is 113 cm³/mol. The summed E-state index contributed by atoms with van der Waals surface area (Å²) >= 11 is 11.9. The van der Waals surface area contributed by atoms with Crippen molar-refractivity contribution >= 4 is 40.7 Å². The Morgan fingerprint density at radius 1 is 0.821 bits per heavy atom. The number of para-hydroxylation sites is 1. The van der Waals surface area contributed by atoms with Crippen molar-refractivity contribution in [2.24, 2.45) is 0 Å². The molecule has 0 heterocycles. The smallest absolute Gasteiger partial charge is 0.255 e. The molecule has 2 amide bonds. The summed E-state index contributed by atoms with van der Waals surface area (Å²) in [6, 6.07) is 20.9. The van der Waals surface area contributed by atoms with Crippen LogP contribution in [0.1, 0.15) is 39.2 Å². The summed E-state index contributed by atoms with van der Waals surface area (Å²) in [5.74, 6) is -0.683. The number of nitrogens with one attached hydrogen (secondary N) is 2. The standard InChI is InChI=1S/C22H18Cl2N2O2/c1-14(15-7-3-2-4-8-15)25-22(28)19-9-5-6-10-20(19)26-21(27)16-11-17(23)13-18(24)12-16/h2-14H,1H3,(H,25,28)(H,26,27). The van der Waals surface area contributed by atoms with E-state index in [4.69, 9.17) is 23.2 Å². The molecule has 0 aliphatic heterocycles. The van der Waals surface area contributed by atoms with Crippen LogP contribution in [0, 0.1) is 0 Å². The van der Waals surface area contributed by atoms with Crippen LogP contribution >= 0.6 is 23.2 Å². The summed E-state index contributed by atoms with van der Waals surface area (Å²) in [4.78, 5) is 25.3. The highest BCUT2D eigenvalue weighted by atomic mass is 35.5. The molecule has 0 saturated heterocycles. The van der Waals surface area contributed by atoms with Crippen molar-refractivity contribution in [2.75, 3.05) is 5.32 Å². The van der Waals surface area contributed by atoms with Crippen LogP contribution in [0.15, 0.2) is 72.8 Å². The number of anilines is 1. The molecule has 4 nitrogen and oxygen atoms in total. The number of hydrogen-bond acceptors (Lipinski definition) is 2. The molecule has 3 rings (SSSR count). The van der Waals surface area contributed by atoms with Crippen LogP contribution in [0.4, 0.5) is 5.69 Å². The van der Waals surface area contributed by atoms with Gasteiger partial charge in [0.1, 0.15) is 0 Å². The number of halogens is 2. The van der Waals surface area contributed by atoms with Crippen LogP contribution < -0.4 is 10.6 Å². The molecule has 2 N–H and O–H groups in total. The fourth-order valence-electron chi connectivity index (χ4n) is 2.77. The van der Waals surface area contributed by atoms with Gasteiger partial charge in [-0.3, -0.25) is 9.59 Å². The maximum absolute atomic E-state index is 12.8. The van der Waals surface area contributed by atoms with Crippen LogP contribution in [0.2, 0.25) is 10.0 Å². The van der Waals surface area contributed by atoms with Gasteiger partial charge < -0.3 is 10.6 Å². The molecule has 0 aromatic heterocycles. The zero-order valence-electron chi connectivity index (χ0n) is 15.1. The maximum atomic E-state index is 12.8. The van der Waals surface area contributed by atoms with Gasteiger partial charge in [-0.05, 0) is 42.8 Å². The fourth-order valence-corrected chi connectivity index (χ4v) is 3.30. The van der Waals surface area contributed by atoms with Crippen molar-refractivity contribution in [1.29, 1.82) is 0 Å². The largest absolute Gasteiger partial charge is 0.345 e. The molecule has 0 radical (unpaired) electrons. The van der Waals surface area contributed by atoms with Crippen molar-refractivity contribution < 1.29 is 9.59 Å². The van der Waals surface area contributed by atoms with E-state index in [1.165, 1.54) is 12.1 Å². The summed E-state index contributed by atoms with van der Waals surface area (Å²) in [7, 11) is 0. The average Bonchev–Trinajstić information content (AvgIpc) is 2.68. The van der Waals surface area contributed by atoms with Crippen LogP contribution in [0.3, 0.4) is 0 Å². The Morgan fingerprint density at radius 3 is 2.11 bits per heavy atom. The molecule has 0 saturated carbocycles. The lowest BCUT2D eigenvalue weighted by molar-refractivity contribution is 0.0941. The van der Waals surface area contributed by atoms with Gasteiger partial charge in [-0.15, -0.1) is 0 Å². The number of rotatable bonds is 5. The van der Waals surface area contributed by atoms with Crippen LogP contribution in [-0.4, -0.2) is 11.8 Å². The van der Waals surface area contributed by atoms with E-state index in [0.29, 0.717) is 26.9 Å². The molecule has 1 unspecified atom stereocenters. The monoisotopic (exact) mass is 412 g/mol. The molecular weight excluding hydrogens is 395 g/mol. The molecule has 142 valence electrons. The lowest BCUT2D eigenvalue weighted by atomic mass is 10.1. The van der Waals surface area contributed by atoms with Gasteiger partial charge in [0.25, 0.3) is 11.8 Å². The third kappa shape index (κ3) is 4.91. The van der Waals surface area contributed by atoms with Crippen LogP contribution in [0.5, 0.6) is 0 Å². The van der Waals surface area contributed by atoms with Gasteiger partial charge in [0.05, 0.1) is 17.3 Å². The first-order valence-electron chi connectivity index (χ1n) is 8.66. The average molecular weight is 413 g/mol. The third-order valence-electron chi connectivity index (χ3n) is 4.19. The Labute approximate surface area is 173 Å². The highest BCUT2D eigenvalue weighted by Crippen LogP contribution is 2.22. The number of carbonyl (C=O) groups excluding carboxylic acids is 2. The Kier molecular flexibility index (Phi) is 6.34. The zero-order chi connectivity index (χ0) is 20.1.